The maximum atomic E-state index is 10.5. The number of nitro groups is 1. The first-order valence-corrected chi connectivity index (χ1v) is 5.56. The molecule has 1 radical (unpaired) electrons. The Labute approximate surface area is 72.6 Å². The van der Waals surface area contributed by atoms with Gasteiger partial charge >= 0.3 is 72.1 Å². The van der Waals surface area contributed by atoms with Crippen LogP contribution < -0.4 is 4.35 Å². The molecule has 0 aliphatic rings. The van der Waals surface area contributed by atoms with E-state index in [0.717, 1.165) is 0 Å². The van der Waals surface area contributed by atoms with Gasteiger partial charge in [-0.3, -0.25) is 0 Å². The fourth-order valence-electron chi connectivity index (χ4n) is 0.702. The van der Waals surface area contributed by atoms with Crippen LogP contribution in [-0.4, -0.2) is 24.0 Å². The molecule has 1 aromatic rings. The van der Waals surface area contributed by atoms with Gasteiger partial charge in [0.15, 0.2) is 0 Å². The van der Waals surface area contributed by atoms with Gasteiger partial charge in [0.25, 0.3) is 0 Å². The summed E-state index contributed by atoms with van der Waals surface area (Å²) in [6.07, 6.45) is 0. The Kier molecular flexibility index (Phi) is 2.68. The molecular formula is C6H5AsNO4. The van der Waals surface area contributed by atoms with Crippen LogP contribution in [0.2, 0.25) is 0 Å². The molecule has 0 saturated carbocycles. The summed E-state index contributed by atoms with van der Waals surface area (Å²) in [4.78, 5) is 9.61. The first-order valence-electron chi connectivity index (χ1n) is 3.02. The van der Waals surface area contributed by atoms with Gasteiger partial charge in [0.1, 0.15) is 0 Å². The fraction of sp³-hybridized carbons (Fsp3) is 0. The van der Waals surface area contributed by atoms with E-state index >= 15 is 0 Å². The van der Waals surface area contributed by atoms with Gasteiger partial charge in [0.2, 0.25) is 0 Å². The SMILES string of the molecule is O=[N+]([O-])c1ccc([As](=O)O)cc1. The number of benzene rings is 1. The normalized spacial score (nSPS) is 10.9. The zero-order chi connectivity index (χ0) is 9.14. The second kappa shape index (κ2) is 3.56. The number of non-ortho nitro benzene ring substituents is 1. The summed E-state index contributed by atoms with van der Waals surface area (Å²) in [6, 6.07) is 5.02. The van der Waals surface area contributed by atoms with Crippen molar-refractivity contribution >= 4 is 25.0 Å². The van der Waals surface area contributed by atoms with Gasteiger partial charge in [-0.25, -0.2) is 0 Å². The minimum atomic E-state index is -3.11. The maximum absolute atomic E-state index is 10.5. The Balaban J connectivity index is 3.01. The molecule has 1 atom stereocenters. The third-order valence-electron chi connectivity index (χ3n) is 1.28. The summed E-state index contributed by atoms with van der Waals surface area (Å²) < 4.78 is 19.5. The van der Waals surface area contributed by atoms with E-state index in [1.54, 1.807) is 0 Å². The first kappa shape index (κ1) is 9.03. The molecule has 0 spiro atoms. The molecule has 0 aromatic heterocycles. The molecule has 12 heavy (non-hydrogen) atoms. The summed E-state index contributed by atoms with van der Waals surface area (Å²) in [5.41, 5.74) is -0.0744. The zero-order valence-electron chi connectivity index (χ0n) is 5.88. The minimum absolute atomic E-state index is 0.0744. The van der Waals surface area contributed by atoms with E-state index in [2.05, 4.69) is 0 Å². The van der Waals surface area contributed by atoms with Gasteiger partial charge in [-0.2, -0.15) is 0 Å². The Morgan fingerprint density at radius 1 is 1.33 bits per heavy atom. The predicted molar refractivity (Wildman–Crippen MR) is 41.4 cm³/mol. The van der Waals surface area contributed by atoms with Crippen molar-refractivity contribution in [3.63, 3.8) is 0 Å². The number of rotatable bonds is 2. The summed E-state index contributed by atoms with van der Waals surface area (Å²) >= 11 is -3.11. The molecule has 1 rings (SSSR count). The third-order valence-corrected chi connectivity index (χ3v) is 2.83. The van der Waals surface area contributed by atoms with Crippen LogP contribution in [0.4, 0.5) is 5.69 Å². The van der Waals surface area contributed by atoms with Crippen LogP contribution in [0, 0.1) is 10.1 Å². The molecule has 63 valence electrons. The van der Waals surface area contributed by atoms with Crippen molar-refractivity contribution in [1.29, 1.82) is 0 Å². The Morgan fingerprint density at radius 2 is 1.83 bits per heavy atom. The summed E-state index contributed by atoms with van der Waals surface area (Å²) in [6.45, 7) is 0. The molecule has 0 aliphatic carbocycles. The first-order chi connectivity index (χ1) is 5.61. The van der Waals surface area contributed by atoms with Crippen LogP contribution in [0.15, 0.2) is 24.3 Å². The molecule has 0 amide bonds. The number of hydrogen-bond acceptors (Lipinski definition) is 3. The average Bonchev–Trinajstić information content (AvgIpc) is 2.04. The molecule has 0 heterocycles. The van der Waals surface area contributed by atoms with Crippen LogP contribution in [0.5, 0.6) is 0 Å². The van der Waals surface area contributed by atoms with Crippen molar-refractivity contribution in [2.45, 2.75) is 0 Å². The summed E-state index contributed by atoms with van der Waals surface area (Å²) in [5.74, 6) is 0. The van der Waals surface area contributed by atoms with Gasteiger partial charge < -0.3 is 0 Å². The molecular weight excluding hydrogens is 225 g/mol. The quantitative estimate of drug-likeness (QED) is 0.430. The van der Waals surface area contributed by atoms with Crippen molar-refractivity contribution in [3.05, 3.63) is 34.4 Å². The van der Waals surface area contributed by atoms with Gasteiger partial charge in [-0.15, -0.1) is 0 Å². The van der Waals surface area contributed by atoms with E-state index in [9.17, 15) is 13.9 Å². The van der Waals surface area contributed by atoms with Crippen LogP contribution >= 0.6 is 0 Å². The molecule has 6 heteroatoms. The Hall–Kier alpha value is -1.06. The van der Waals surface area contributed by atoms with E-state index in [0.29, 0.717) is 0 Å². The average molecular weight is 230 g/mol. The van der Waals surface area contributed by atoms with Gasteiger partial charge in [-0.1, -0.05) is 0 Å². The van der Waals surface area contributed by atoms with Gasteiger partial charge in [0.05, 0.1) is 0 Å². The Bertz CT molecular complexity index is 288. The van der Waals surface area contributed by atoms with Crippen LogP contribution in [0.1, 0.15) is 0 Å². The van der Waals surface area contributed by atoms with Gasteiger partial charge in [0, 0.05) is 0 Å². The van der Waals surface area contributed by atoms with Gasteiger partial charge in [-0.05, 0) is 0 Å². The number of hydrogen-bond donors (Lipinski definition) is 1. The van der Waals surface area contributed by atoms with Crippen LogP contribution in [0.3, 0.4) is 0 Å². The molecule has 1 aromatic carbocycles. The topological polar surface area (TPSA) is 80.4 Å². The van der Waals surface area contributed by atoms with Crippen molar-refractivity contribution in [2.24, 2.45) is 0 Å². The van der Waals surface area contributed by atoms with Crippen LogP contribution in [-0.2, 0) is 3.74 Å². The van der Waals surface area contributed by atoms with Crippen molar-refractivity contribution in [3.8, 4) is 0 Å². The second-order valence-corrected chi connectivity index (χ2v) is 4.28. The van der Waals surface area contributed by atoms with E-state index in [4.69, 9.17) is 4.10 Å². The van der Waals surface area contributed by atoms with Crippen LogP contribution in [0.25, 0.3) is 0 Å². The molecule has 1 unspecified atom stereocenters. The summed E-state index contributed by atoms with van der Waals surface area (Å²) in [7, 11) is 0. The molecule has 0 bridgehead atoms. The second-order valence-electron chi connectivity index (χ2n) is 2.05. The van der Waals surface area contributed by atoms with E-state index in [-0.39, 0.29) is 10.0 Å². The van der Waals surface area contributed by atoms with E-state index in [1.165, 1.54) is 24.3 Å². The number of nitrogens with zero attached hydrogens (tertiary/aromatic N) is 1. The number of nitro benzene ring substituents is 1. The monoisotopic (exact) mass is 230 g/mol. The predicted octanol–water partition coefficient (Wildman–Crippen LogP) is -0.287. The Morgan fingerprint density at radius 3 is 2.17 bits per heavy atom. The molecule has 0 fully saturated rings. The molecule has 1 N–H and O–H groups in total. The summed E-state index contributed by atoms with van der Waals surface area (Å²) in [5, 5.41) is 10.2. The fourth-order valence-corrected chi connectivity index (χ4v) is 1.55. The van der Waals surface area contributed by atoms with Crippen molar-refractivity contribution < 1.29 is 12.8 Å². The van der Waals surface area contributed by atoms with Crippen molar-refractivity contribution in [1.82, 2.24) is 0 Å². The molecule has 0 saturated heterocycles. The standard InChI is InChI=1S/C6H5AsNO4/c9-7(10)5-1-3-6(4-2-5)8(11)12/h1-4H,(H,9,10). The van der Waals surface area contributed by atoms with E-state index < -0.39 is 19.9 Å². The molecule has 0 aliphatic heterocycles. The molecule has 5 nitrogen and oxygen atoms in total. The zero-order valence-corrected chi connectivity index (χ0v) is 7.75. The van der Waals surface area contributed by atoms with E-state index in [1.807, 2.05) is 0 Å². The van der Waals surface area contributed by atoms with Crippen molar-refractivity contribution in [2.75, 3.05) is 0 Å². The third kappa shape index (κ3) is 1.96.